The van der Waals surface area contributed by atoms with Crippen molar-refractivity contribution in [2.45, 2.75) is 32.1 Å². The van der Waals surface area contributed by atoms with Crippen molar-refractivity contribution in [3.63, 3.8) is 0 Å². The molecular weight excluding hydrogens is 412 g/mol. The van der Waals surface area contributed by atoms with Gasteiger partial charge in [0.1, 0.15) is 12.2 Å². The summed E-state index contributed by atoms with van der Waals surface area (Å²) >= 11 is 6.55. The van der Waals surface area contributed by atoms with Gasteiger partial charge in [0.2, 0.25) is 5.91 Å². The lowest BCUT2D eigenvalue weighted by atomic mass is 10.1. The second-order valence-corrected chi connectivity index (χ2v) is 7.46. The first-order chi connectivity index (χ1) is 14.4. The maximum atomic E-state index is 12.6. The minimum Gasteiger partial charge on any atom is -0.508 e. The van der Waals surface area contributed by atoms with Gasteiger partial charge in [-0.25, -0.2) is 9.36 Å². The minimum atomic E-state index is -0.626. The highest BCUT2D eigenvalue weighted by molar-refractivity contribution is 6.33. The number of nitrogens with zero attached hydrogens (tertiary/aromatic N) is 1. The number of halogens is 1. The first-order valence-electron chi connectivity index (χ1n) is 9.51. The fourth-order valence-corrected chi connectivity index (χ4v) is 3.71. The molecule has 1 aromatic heterocycles. The van der Waals surface area contributed by atoms with Crippen molar-refractivity contribution in [1.82, 2.24) is 4.57 Å². The zero-order valence-corrected chi connectivity index (χ0v) is 16.9. The summed E-state index contributed by atoms with van der Waals surface area (Å²) in [5.74, 6) is -1.58. The number of phenolic OH excluding ortho intramolecular Hbond substituents is 1. The van der Waals surface area contributed by atoms with E-state index in [4.69, 9.17) is 20.8 Å². The van der Waals surface area contributed by atoms with Crippen molar-refractivity contribution >= 4 is 40.3 Å². The van der Waals surface area contributed by atoms with Gasteiger partial charge in [0.25, 0.3) is 0 Å². The molecule has 0 radical (unpaired) electrons. The fourth-order valence-electron chi connectivity index (χ4n) is 3.40. The lowest BCUT2D eigenvalue weighted by Crippen LogP contribution is -2.19. The number of anilines is 1. The van der Waals surface area contributed by atoms with Crippen LogP contribution >= 0.6 is 11.6 Å². The molecule has 0 saturated heterocycles. The third-order valence-electron chi connectivity index (χ3n) is 4.79. The van der Waals surface area contributed by atoms with Gasteiger partial charge in [-0.1, -0.05) is 11.6 Å². The topological polar surface area (TPSA) is 111 Å². The van der Waals surface area contributed by atoms with Gasteiger partial charge in [-0.2, -0.15) is 0 Å². The Balaban J connectivity index is 1.74. The number of nitrogens with one attached hydrogen (secondary N) is 1. The number of benzene rings is 2. The van der Waals surface area contributed by atoms with Crippen molar-refractivity contribution in [3.8, 4) is 11.4 Å². The predicted molar refractivity (Wildman–Crippen MR) is 110 cm³/mol. The van der Waals surface area contributed by atoms with Gasteiger partial charge in [-0.15, -0.1) is 0 Å². The largest absolute Gasteiger partial charge is 0.508 e. The SMILES string of the molecule is CCOC(=O)CC(=O)Nc1cc(Cl)c(-n2c(=O)oc3cc(O)ccc32)c(C2CC2)c1. The number of aromatic hydroxyl groups is 1. The maximum absolute atomic E-state index is 12.6. The van der Waals surface area contributed by atoms with Gasteiger partial charge in [0.15, 0.2) is 5.58 Å². The molecule has 30 heavy (non-hydrogen) atoms. The number of phenols is 1. The third kappa shape index (κ3) is 3.91. The molecule has 1 fully saturated rings. The summed E-state index contributed by atoms with van der Waals surface area (Å²) in [6.07, 6.45) is 1.45. The van der Waals surface area contributed by atoms with E-state index in [1.54, 1.807) is 19.1 Å². The molecule has 1 heterocycles. The van der Waals surface area contributed by atoms with E-state index in [-0.39, 0.29) is 28.9 Å². The first-order valence-corrected chi connectivity index (χ1v) is 9.89. The van der Waals surface area contributed by atoms with Crippen molar-refractivity contribution < 1.29 is 23.8 Å². The molecule has 0 bridgehead atoms. The third-order valence-corrected chi connectivity index (χ3v) is 5.08. The smallest absolute Gasteiger partial charge is 0.424 e. The zero-order chi connectivity index (χ0) is 21.4. The monoisotopic (exact) mass is 430 g/mol. The van der Waals surface area contributed by atoms with E-state index in [0.717, 1.165) is 18.4 Å². The van der Waals surface area contributed by atoms with E-state index >= 15 is 0 Å². The van der Waals surface area contributed by atoms with Crippen LogP contribution in [0.15, 0.2) is 39.5 Å². The standard InChI is InChI=1S/C21H19ClN2O6/c1-2-29-19(27)10-18(26)23-12-7-14(11-3-4-11)20(15(22)8-12)24-16-6-5-13(25)9-17(16)30-21(24)28/h5-9,11,25H,2-4,10H2,1H3,(H,23,26). The molecule has 0 aliphatic heterocycles. The van der Waals surface area contributed by atoms with E-state index in [1.165, 1.54) is 22.8 Å². The number of hydrogen-bond donors (Lipinski definition) is 2. The molecule has 156 valence electrons. The second kappa shape index (κ2) is 7.87. The number of carbonyl (C=O) groups excluding carboxylic acids is 2. The number of ether oxygens (including phenoxy) is 1. The van der Waals surface area contributed by atoms with Crippen molar-refractivity contribution in [2.75, 3.05) is 11.9 Å². The van der Waals surface area contributed by atoms with Crippen LogP contribution in [-0.4, -0.2) is 28.2 Å². The highest BCUT2D eigenvalue weighted by Crippen LogP contribution is 2.46. The van der Waals surface area contributed by atoms with Gasteiger partial charge in [-0.3, -0.25) is 9.59 Å². The predicted octanol–water partition coefficient (Wildman–Crippen LogP) is 3.71. The molecule has 0 atom stereocenters. The molecule has 2 N–H and O–H groups in total. The van der Waals surface area contributed by atoms with Crippen molar-refractivity contribution in [2.24, 2.45) is 0 Å². The number of carbonyl (C=O) groups is 2. The highest BCUT2D eigenvalue weighted by atomic mass is 35.5. The van der Waals surface area contributed by atoms with Crippen LogP contribution < -0.4 is 11.1 Å². The Kier molecular flexibility index (Phi) is 5.26. The van der Waals surface area contributed by atoms with E-state index in [0.29, 0.717) is 16.9 Å². The van der Waals surface area contributed by atoms with Crippen molar-refractivity contribution in [1.29, 1.82) is 0 Å². The summed E-state index contributed by atoms with van der Waals surface area (Å²) in [7, 11) is 0. The fraction of sp³-hybridized carbons (Fsp3) is 0.286. The molecule has 1 aliphatic rings. The van der Waals surface area contributed by atoms with Crippen LogP contribution in [0.4, 0.5) is 5.69 Å². The summed E-state index contributed by atoms with van der Waals surface area (Å²) in [6.45, 7) is 1.86. The van der Waals surface area contributed by atoms with Crippen LogP contribution in [0.1, 0.15) is 37.7 Å². The maximum Gasteiger partial charge on any atom is 0.424 e. The van der Waals surface area contributed by atoms with E-state index < -0.39 is 24.1 Å². The number of rotatable bonds is 6. The van der Waals surface area contributed by atoms with Gasteiger partial charge < -0.3 is 19.6 Å². The molecule has 0 unspecified atom stereocenters. The Labute approximate surface area is 176 Å². The number of esters is 1. The van der Waals surface area contributed by atoms with E-state index in [9.17, 15) is 19.5 Å². The van der Waals surface area contributed by atoms with Crippen LogP contribution in [0.2, 0.25) is 5.02 Å². The average molecular weight is 431 g/mol. The highest BCUT2D eigenvalue weighted by Gasteiger charge is 2.30. The molecule has 4 rings (SSSR count). The number of amides is 1. The molecule has 3 aromatic rings. The molecule has 0 spiro atoms. The normalized spacial score (nSPS) is 13.4. The van der Waals surface area contributed by atoms with Crippen LogP contribution in [-0.2, 0) is 14.3 Å². The molecule has 1 aliphatic carbocycles. The number of aromatic nitrogens is 1. The summed E-state index contributed by atoms with van der Waals surface area (Å²) < 4.78 is 11.4. The lowest BCUT2D eigenvalue weighted by molar-refractivity contribution is -0.145. The van der Waals surface area contributed by atoms with Gasteiger partial charge in [-0.05, 0) is 55.5 Å². The Hall–Kier alpha value is -3.26. The summed E-state index contributed by atoms with van der Waals surface area (Å²) in [5, 5.41) is 12.6. The minimum absolute atomic E-state index is 0.0171. The van der Waals surface area contributed by atoms with Crippen LogP contribution in [0.25, 0.3) is 16.8 Å². The number of oxazole rings is 1. The molecule has 2 aromatic carbocycles. The zero-order valence-electron chi connectivity index (χ0n) is 16.1. The second-order valence-electron chi connectivity index (χ2n) is 7.06. The van der Waals surface area contributed by atoms with Gasteiger partial charge in [0.05, 0.1) is 22.8 Å². The molecule has 1 saturated carbocycles. The quantitative estimate of drug-likeness (QED) is 0.455. The Morgan fingerprint density at radius 3 is 2.77 bits per heavy atom. The Morgan fingerprint density at radius 1 is 1.30 bits per heavy atom. The molecule has 8 nitrogen and oxygen atoms in total. The van der Waals surface area contributed by atoms with Gasteiger partial charge >= 0.3 is 11.7 Å². The summed E-state index contributed by atoms with van der Waals surface area (Å²) in [5.41, 5.74) is 2.42. The first kappa shape index (κ1) is 20.0. The molecule has 1 amide bonds. The van der Waals surface area contributed by atoms with Crippen LogP contribution in [0.5, 0.6) is 5.75 Å². The molecular formula is C21H19ClN2O6. The van der Waals surface area contributed by atoms with Crippen LogP contribution in [0, 0.1) is 0 Å². The van der Waals surface area contributed by atoms with Crippen molar-refractivity contribution in [3.05, 3.63) is 51.5 Å². The average Bonchev–Trinajstić information content (AvgIpc) is 3.45. The lowest BCUT2D eigenvalue weighted by Gasteiger charge is -2.15. The Morgan fingerprint density at radius 2 is 2.07 bits per heavy atom. The Bertz CT molecular complexity index is 1210. The number of hydrogen-bond acceptors (Lipinski definition) is 6. The summed E-state index contributed by atoms with van der Waals surface area (Å²) in [6, 6.07) is 7.69. The van der Waals surface area contributed by atoms with Gasteiger partial charge in [0, 0.05) is 11.8 Å². The summed E-state index contributed by atoms with van der Waals surface area (Å²) in [4.78, 5) is 36.2. The van der Waals surface area contributed by atoms with E-state index in [2.05, 4.69) is 5.32 Å². The van der Waals surface area contributed by atoms with E-state index in [1.807, 2.05) is 0 Å². The molecule has 9 heteroatoms. The number of fused-ring (bicyclic) bond motifs is 1. The van der Waals surface area contributed by atoms with Crippen LogP contribution in [0.3, 0.4) is 0 Å².